The van der Waals surface area contributed by atoms with Crippen molar-refractivity contribution in [3.8, 4) is 5.75 Å². The van der Waals surface area contributed by atoms with Crippen LogP contribution >= 0.6 is 31.9 Å². The maximum Gasteiger partial charge on any atom is 0.331 e. The van der Waals surface area contributed by atoms with E-state index in [9.17, 15) is 4.79 Å². The highest BCUT2D eigenvalue weighted by Crippen LogP contribution is 2.32. The van der Waals surface area contributed by atoms with Gasteiger partial charge >= 0.3 is 5.97 Å². The Kier molecular flexibility index (Phi) is 6.43. The molecule has 0 bridgehead atoms. The van der Waals surface area contributed by atoms with Gasteiger partial charge in [-0.25, -0.2) is 4.79 Å². The topological polar surface area (TPSA) is 46.5 Å². The molecule has 0 aliphatic carbocycles. The molecular formula is C13H14Br2O3. The number of rotatable bonds is 6. The van der Waals surface area contributed by atoms with Gasteiger partial charge in [-0.15, -0.1) is 0 Å². The molecule has 0 heterocycles. The monoisotopic (exact) mass is 376 g/mol. The zero-order chi connectivity index (χ0) is 13.5. The first-order valence-electron chi connectivity index (χ1n) is 5.55. The van der Waals surface area contributed by atoms with Gasteiger partial charge in [0.05, 0.1) is 15.6 Å². The second-order valence-corrected chi connectivity index (χ2v) is 5.28. The zero-order valence-electron chi connectivity index (χ0n) is 9.95. The van der Waals surface area contributed by atoms with E-state index in [-0.39, 0.29) is 0 Å². The predicted molar refractivity (Wildman–Crippen MR) is 78.0 cm³/mol. The van der Waals surface area contributed by atoms with E-state index in [2.05, 4.69) is 31.9 Å². The lowest BCUT2D eigenvalue weighted by Gasteiger charge is -2.09. The van der Waals surface area contributed by atoms with Crippen LogP contribution in [-0.4, -0.2) is 17.7 Å². The number of carboxylic acid groups (broad SMARTS) is 1. The van der Waals surface area contributed by atoms with Crippen LogP contribution in [0.2, 0.25) is 0 Å². The zero-order valence-corrected chi connectivity index (χ0v) is 13.1. The molecule has 0 aromatic heterocycles. The van der Waals surface area contributed by atoms with E-state index >= 15 is 0 Å². The highest BCUT2D eigenvalue weighted by atomic mass is 79.9. The summed E-state index contributed by atoms with van der Waals surface area (Å²) in [5.74, 6) is -0.126. The van der Waals surface area contributed by atoms with Crippen LogP contribution in [0.4, 0.5) is 0 Å². The number of hydrogen-bond donors (Lipinski definition) is 1. The fourth-order valence-electron chi connectivity index (χ4n) is 1.40. The van der Waals surface area contributed by atoms with Crippen LogP contribution in [0, 0.1) is 0 Å². The van der Waals surface area contributed by atoms with Gasteiger partial charge in [0.25, 0.3) is 0 Å². The number of halogens is 2. The van der Waals surface area contributed by atoms with Crippen LogP contribution in [0.25, 0.3) is 0 Å². The number of aliphatic carboxylic acids is 1. The maximum atomic E-state index is 10.8. The van der Waals surface area contributed by atoms with Crippen LogP contribution in [0.15, 0.2) is 38.8 Å². The summed E-state index contributed by atoms with van der Waals surface area (Å²) in [5.41, 5.74) is 0.421. The number of carboxylic acids is 1. The molecule has 98 valence electrons. The van der Waals surface area contributed by atoms with E-state index < -0.39 is 5.97 Å². The third-order valence-electron chi connectivity index (χ3n) is 2.33. The van der Waals surface area contributed by atoms with Gasteiger partial charge in [0, 0.05) is 12.0 Å². The number of ether oxygens (including phenoxy) is 1. The van der Waals surface area contributed by atoms with Crippen molar-refractivity contribution in [2.24, 2.45) is 0 Å². The lowest BCUT2D eigenvalue weighted by molar-refractivity contribution is -0.132. The SMILES string of the molecule is CCC(=CCCOc1c(Br)cccc1Br)C(=O)O. The van der Waals surface area contributed by atoms with E-state index in [1.54, 1.807) is 6.08 Å². The fourth-order valence-corrected chi connectivity index (χ4v) is 2.62. The van der Waals surface area contributed by atoms with Crippen molar-refractivity contribution in [3.63, 3.8) is 0 Å². The van der Waals surface area contributed by atoms with Gasteiger partial charge in [0.1, 0.15) is 5.75 Å². The normalized spacial score (nSPS) is 11.4. The van der Waals surface area contributed by atoms with Crippen molar-refractivity contribution in [2.45, 2.75) is 19.8 Å². The summed E-state index contributed by atoms with van der Waals surface area (Å²) < 4.78 is 7.35. The average Bonchev–Trinajstić information content (AvgIpc) is 2.31. The quantitative estimate of drug-likeness (QED) is 0.590. The Bertz CT molecular complexity index is 435. The third kappa shape index (κ3) is 4.46. The molecule has 1 rings (SSSR count). The number of benzene rings is 1. The Hall–Kier alpha value is -0.810. The van der Waals surface area contributed by atoms with Gasteiger partial charge in [-0.2, -0.15) is 0 Å². The Balaban J connectivity index is 2.54. The molecule has 1 aromatic rings. The summed E-state index contributed by atoms with van der Waals surface area (Å²) in [6.45, 7) is 2.27. The van der Waals surface area contributed by atoms with Gasteiger partial charge in [0.15, 0.2) is 0 Å². The minimum absolute atomic E-state index is 0.421. The van der Waals surface area contributed by atoms with Crippen LogP contribution in [0.1, 0.15) is 19.8 Å². The van der Waals surface area contributed by atoms with Crippen molar-refractivity contribution in [3.05, 3.63) is 38.8 Å². The highest BCUT2D eigenvalue weighted by molar-refractivity contribution is 9.11. The molecule has 0 spiro atoms. The second kappa shape index (κ2) is 7.59. The average molecular weight is 378 g/mol. The number of carbonyl (C=O) groups is 1. The Morgan fingerprint density at radius 3 is 2.50 bits per heavy atom. The minimum Gasteiger partial charge on any atom is -0.491 e. The van der Waals surface area contributed by atoms with Crippen LogP contribution in [0.3, 0.4) is 0 Å². The van der Waals surface area contributed by atoms with Crippen LogP contribution in [0.5, 0.6) is 5.75 Å². The summed E-state index contributed by atoms with van der Waals surface area (Å²) in [6, 6.07) is 5.69. The van der Waals surface area contributed by atoms with E-state index in [1.807, 2.05) is 25.1 Å². The largest absolute Gasteiger partial charge is 0.491 e. The van der Waals surface area contributed by atoms with E-state index in [0.717, 1.165) is 14.7 Å². The van der Waals surface area contributed by atoms with Crippen LogP contribution in [-0.2, 0) is 4.79 Å². The van der Waals surface area contributed by atoms with Crippen molar-refractivity contribution in [1.82, 2.24) is 0 Å². The Morgan fingerprint density at radius 1 is 1.39 bits per heavy atom. The molecule has 0 saturated carbocycles. The number of hydrogen-bond acceptors (Lipinski definition) is 2. The summed E-state index contributed by atoms with van der Waals surface area (Å²) in [6.07, 6.45) is 2.80. The lowest BCUT2D eigenvalue weighted by Crippen LogP contribution is -2.02. The molecular weight excluding hydrogens is 364 g/mol. The van der Waals surface area contributed by atoms with Gasteiger partial charge in [-0.1, -0.05) is 19.1 Å². The smallest absolute Gasteiger partial charge is 0.331 e. The molecule has 0 aliphatic heterocycles. The molecule has 0 radical (unpaired) electrons. The van der Waals surface area contributed by atoms with Gasteiger partial charge in [-0.05, 0) is 50.4 Å². The molecule has 0 saturated heterocycles. The molecule has 0 aliphatic rings. The molecule has 1 N–H and O–H groups in total. The van der Waals surface area contributed by atoms with E-state index in [1.165, 1.54) is 0 Å². The number of para-hydroxylation sites is 1. The maximum absolute atomic E-state index is 10.8. The predicted octanol–water partition coefficient (Wildman–Crippen LogP) is 4.40. The Morgan fingerprint density at radius 2 is 2.00 bits per heavy atom. The van der Waals surface area contributed by atoms with Gasteiger partial charge in [-0.3, -0.25) is 0 Å². The minimum atomic E-state index is -0.862. The summed E-state index contributed by atoms with van der Waals surface area (Å²) >= 11 is 6.80. The third-order valence-corrected chi connectivity index (χ3v) is 3.58. The molecule has 5 heteroatoms. The standard InChI is InChI=1S/C13H14Br2O3/c1-2-9(13(16)17)5-4-8-18-12-10(14)6-3-7-11(12)15/h3,5-7H,2,4,8H2,1H3,(H,16,17). The molecule has 3 nitrogen and oxygen atoms in total. The van der Waals surface area contributed by atoms with Gasteiger partial charge < -0.3 is 9.84 Å². The molecule has 0 unspecified atom stereocenters. The first-order valence-corrected chi connectivity index (χ1v) is 7.14. The summed E-state index contributed by atoms with van der Waals surface area (Å²) in [7, 11) is 0. The molecule has 18 heavy (non-hydrogen) atoms. The van der Waals surface area contributed by atoms with Crippen molar-refractivity contribution < 1.29 is 14.6 Å². The first-order chi connectivity index (χ1) is 8.56. The molecule has 1 aromatic carbocycles. The fraction of sp³-hybridized carbons (Fsp3) is 0.308. The van der Waals surface area contributed by atoms with E-state index in [4.69, 9.17) is 9.84 Å². The van der Waals surface area contributed by atoms with Crippen molar-refractivity contribution in [2.75, 3.05) is 6.61 Å². The van der Waals surface area contributed by atoms with Crippen LogP contribution < -0.4 is 4.74 Å². The molecule has 0 fully saturated rings. The highest BCUT2D eigenvalue weighted by Gasteiger charge is 2.06. The summed E-state index contributed by atoms with van der Waals surface area (Å²) in [4.78, 5) is 10.8. The molecule has 0 amide bonds. The Labute approximate surface area is 123 Å². The summed E-state index contributed by atoms with van der Waals surface area (Å²) in [5, 5.41) is 8.85. The first kappa shape index (κ1) is 15.2. The van der Waals surface area contributed by atoms with Crippen molar-refractivity contribution in [1.29, 1.82) is 0 Å². The second-order valence-electron chi connectivity index (χ2n) is 3.58. The lowest BCUT2D eigenvalue weighted by atomic mass is 10.2. The van der Waals surface area contributed by atoms with Crippen molar-refractivity contribution >= 4 is 37.8 Å². The molecule has 0 atom stereocenters. The van der Waals surface area contributed by atoms with Gasteiger partial charge in [0.2, 0.25) is 0 Å². The van der Waals surface area contributed by atoms with E-state index in [0.29, 0.717) is 25.0 Å².